The zero-order chi connectivity index (χ0) is 15.2. The van der Waals surface area contributed by atoms with Gasteiger partial charge >= 0.3 is 5.97 Å². The quantitative estimate of drug-likeness (QED) is 0.809. The number of hydrogen-bond donors (Lipinski definition) is 1. The number of halogens is 1. The smallest absolute Gasteiger partial charge is 0.305 e. The lowest BCUT2D eigenvalue weighted by Gasteiger charge is -2.08. The minimum atomic E-state index is -3.57. The van der Waals surface area contributed by atoms with E-state index in [-0.39, 0.29) is 34.9 Å². The van der Waals surface area contributed by atoms with E-state index in [4.69, 9.17) is 16.9 Å². The van der Waals surface area contributed by atoms with Gasteiger partial charge in [-0.15, -0.1) is 0 Å². The molecular formula is C12H13ClN2O4S. The zero-order valence-electron chi connectivity index (χ0n) is 10.7. The number of carbonyl (C=O) groups is 1. The third-order valence-corrected chi connectivity index (χ3v) is 4.07. The minimum absolute atomic E-state index is 0.0333. The second-order valence-corrected chi connectivity index (χ2v) is 6.16. The Hall–Kier alpha value is -1.78. The Morgan fingerprint density at radius 1 is 1.50 bits per heavy atom. The highest BCUT2D eigenvalue weighted by atomic mass is 35.5. The van der Waals surface area contributed by atoms with Crippen LogP contribution in [-0.4, -0.2) is 27.2 Å². The average molecular weight is 317 g/mol. The van der Waals surface area contributed by atoms with Crippen LogP contribution in [0.2, 0.25) is 5.02 Å². The van der Waals surface area contributed by atoms with E-state index in [0.717, 1.165) is 0 Å². The van der Waals surface area contributed by atoms with Crippen molar-refractivity contribution in [2.24, 2.45) is 0 Å². The molecule has 108 valence electrons. The molecule has 0 aliphatic carbocycles. The summed E-state index contributed by atoms with van der Waals surface area (Å²) in [5.41, 5.74) is 0.535. The summed E-state index contributed by atoms with van der Waals surface area (Å²) in [4.78, 5) is 10.9. The van der Waals surface area contributed by atoms with Crippen LogP contribution in [-0.2, 0) is 19.6 Å². The van der Waals surface area contributed by atoms with E-state index in [1.807, 2.05) is 6.07 Å². The Bertz CT molecular complexity index is 637. The van der Waals surface area contributed by atoms with E-state index in [1.165, 1.54) is 25.3 Å². The van der Waals surface area contributed by atoms with Gasteiger partial charge in [0.2, 0.25) is 10.0 Å². The summed E-state index contributed by atoms with van der Waals surface area (Å²) in [7, 11) is -2.33. The van der Waals surface area contributed by atoms with Crippen LogP contribution in [0.5, 0.6) is 0 Å². The van der Waals surface area contributed by atoms with Crippen LogP contribution >= 0.6 is 11.6 Å². The first kappa shape index (κ1) is 16.3. The molecule has 1 aromatic carbocycles. The van der Waals surface area contributed by atoms with E-state index in [2.05, 4.69) is 9.46 Å². The van der Waals surface area contributed by atoms with Gasteiger partial charge in [-0.05, 0) is 24.6 Å². The molecule has 0 aliphatic heterocycles. The summed E-state index contributed by atoms with van der Waals surface area (Å²) in [5, 5.41) is 8.89. The molecule has 0 amide bonds. The summed E-state index contributed by atoms with van der Waals surface area (Å²) in [6.45, 7) is 0. The SMILES string of the molecule is COC(=O)CCCS(=O)(=O)Nc1ccc(C#N)c(Cl)c1. The Morgan fingerprint density at radius 3 is 2.75 bits per heavy atom. The summed E-state index contributed by atoms with van der Waals surface area (Å²) in [6, 6.07) is 6.11. The van der Waals surface area contributed by atoms with Gasteiger partial charge in [0.15, 0.2) is 0 Å². The van der Waals surface area contributed by atoms with Gasteiger partial charge in [0.1, 0.15) is 6.07 Å². The van der Waals surface area contributed by atoms with E-state index >= 15 is 0 Å². The monoisotopic (exact) mass is 316 g/mol. The molecule has 1 aromatic rings. The molecule has 0 atom stereocenters. The molecular weight excluding hydrogens is 304 g/mol. The number of esters is 1. The van der Waals surface area contributed by atoms with Gasteiger partial charge in [-0.3, -0.25) is 9.52 Å². The van der Waals surface area contributed by atoms with Crippen molar-refractivity contribution in [1.82, 2.24) is 0 Å². The molecule has 0 spiro atoms. The number of nitrogens with one attached hydrogen (secondary N) is 1. The maximum Gasteiger partial charge on any atom is 0.305 e. The van der Waals surface area contributed by atoms with E-state index in [1.54, 1.807) is 0 Å². The van der Waals surface area contributed by atoms with Crippen LogP contribution < -0.4 is 4.72 Å². The van der Waals surface area contributed by atoms with E-state index < -0.39 is 16.0 Å². The molecule has 0 saturated carbocycles. The van der Waals surface area contributed by atoms with Crippen LogP contribution in [0.25, 0.3) is 0 Å². The predicted octanol–water partition coefficient (Wildman–Crippen LogP) is 1.91. The standard InChI is InChI=1S/C12H13ClN2O4S/c1-19-12(16)3-2-6-20(17,18)15-10-5-4-9(8-14)11(13)7-10/h4-5,7,15H,2-3,6H2,1H3. The van der Waals surface area contributed by atoms with E-state index in [9.17, 15) is 13.2 Å². The number of rotatable bonds is 6. The van der Waals surface area contributed by atoms with E-state index in [0.29, 0.717) is 0 Å². The first-order chi connectivity index (χ1) is 9.38. The lowest BCUT2D eigenvalue weighted by Crippen LogP contribution is -2.17. The first-order valence-corrected chi connectivity index (χ1v) is 7.68. The molecule has 0 bridgehead atoms. The van der Waals surface area contributed by atoms with Crippen molar-refractivity contribution in [2.45, 2.75) is 12.8 Å². The molecule has 0 aromatic heterocycles. The second kappa shape index (κ2) is 7.12. The number of ether oxygens (including phenoxy) is 1. The fourth-order valence-corrected chi connectivity index (χ4v) is 2.74. The van der Waals surface area contributed by atoms with Gasteiger partial charge in [0.05, 0.1) is 29.1 Å². The summed E-state index contributed by atoms with van der Waals surface area (Å²) in [6.07, 6.45) is 0.192. The Labute approximate surface area is 122 Å². The topological polar surface area (TPSA) is 96.3 Å². The summed E-state index contributed by atoms with van der Waals surface area (Å²) >= 11 is 5.80. The van der Waals surface area contributed by atoms with Crippen molar-refractivity contribution in [3.8, 4) is 6.07 Å². The molecule has 0 unspecified atom stereocenters. The second-order valence-electron chi connectivity index (χ2n) is 3.91. The highest BCUT2D eigenvalue weighted by Gasteiger charge is 2.12. The molecule has 1 N–H and O–H groups in total. The molecule has 20 heavy (non-hydrogen) atoms. The summed E-state index contributed by atoms with van der Waals surface area (Å²) in [5.74, 6) is -0.665. The number of methoxy groups -OCH3 is 1. The highest BCUT2D eigenvalue weighted by molar-refractivity contribution is 7.92. The molecule has 0 fully saturated rings. The molecule has 0 heterocycles. The van der Waals surface area contributed by atoms with Gasteiger partial charge < -0.3 is 4.74 Å². The Kier molecular flexibility index (Phi) is 5.80. The van der Waals surface area contributed by atoms with Crippen molar-refractivity contribution < 1.29 is 17.9 Å². The fraction of sp³-hybridized carbons (Fsp3) is 0.333. The van der Waals surface area contributed by atoms with Crippen LogP contribution in [0.1, 0.15) is 18.4 Å². The minimum Gasteiger partial charge on any atom is -0.469 e. The largest absolute Gasteiger partial charge is 0.469 e. The lowest BCUT2D eigenvalue weighted by molar-refractivity contribution is -0.140. The van der Waals surface area contributed by atoms with Crippen molar-refractivity contribution in [3.05, 3.63) is 28.8 Å². The van der Waals surface area contributed by atoms with Crippen molar-refractivity contribution in [3.63, 3.8) is 0 Å². The number of nitrogens with zero attached hydrogens (tertiary/aromatic N) is 1. The number of hydrogen-bond acceptors (Lipinski definition) is 5. The number of benzene rings is 1. The predicted molar refractivity (Wildman–Crippen MR) is 74.8 cm³/mol. The Morgan fingerprint density at radius 2 is 2.20 bits per heavy atom. The van der Waals surface area contributed by atoms with Crippen LogP contribution in [0.3, 0.4) is 0 Å². The summed E-state index contributed by atoms with van der Waals surface area (Å²) < 4.78 is 30.3. The normalized spacial score (nSPS) is 10.7. The highest BCUT2D eigenvalue weighted by Crippen LogP contribution is 2.21. The maximum atomic E-state index is 11.8. The van der Waals surface area contributed by atoms with Gasteiger partial charge in [-0.1, -0.05) is 11.6 Å². The molecule has 6 nitrogen and oxygen atoms in total. The maximum absolute atomic E-state index is 11.8. The van der Waals surface area contributed by atoms with Gasteiger partial charge in [-0.25, -0.2) is 8.42 Å². The molecule has 1 rings (SSSR count). The van der Waals surface area contributed by atoms with Crippen molar-refractivity contribution in [2.75, 3.05) is 17.6 Å². The molecule has 8 heteroatoms. The Balaban J connectivity index is 2.65. The van der Waals surface area contributed by atoms with Crippen LogP contribution in [0.15, 0.2) is 18.2 Å². The van der Waals surface area contributed by atoms with Gasteiger partial charge in [-0.2, -0.15) is 5.26 Å². The molecule has 0 aliphatic rings. The number of carbonyl (C=O) groups excluding carboxylic acids is 1. The fourth-order valence-electron chi connectivity index (χ4n) is 1.41. The number of anilines is 1. The zero-order valence-corrected chi connectivity index (χ0v) is 12.3. The molecule has 0 radical (unpaired) electrons. The van der Waals surface area contributed by atoms with Crippen molar-refractivity contribution in [1.29, 1.82) is 5.26 Å². The van der Waals surface area contributed by atoms with Crippen LogP contribution in [0, 0.1) is 11.3 Å². The number of sulfonamides is 1. The average Bonchev–Trinajstić information content (AvgIpc) is 2.38. The lowest BCUT2D eigenvalue weighted by atomic mass is 10.2. The van der Waals surface area contributed by atoms with Gasteiger partial charge in [0.25, 0.3) is 0 Å². The van der Waals surface area contributed by atoms with Gasteiger partial charge in [0, 0.05) is 6.42 Å². The molecule has 0 saturated heterocycles. The van der Waals surface area contributed by atoms with Crippen molar-refractivity contribution >= 4 is 33.3 Å². The third kappa shape index (κ3) is 5.07. The third-order valence-electron chi connectivity index (χ3n) is 2.38. The van der Waals surface area contributed by atoms with Crippen LogP contribution in [0.4, 0.5) is 5.69 Å². The number of nitriles is 1. The first-order valence-electron chi connectivity index (χ1n) is 5.65.